The van der Waals surface area contributed by atoms with Gasteiger partial charge in [-0.2, -0.15) is 0 Å². The van der Waals surface area contributed by atoms with Crippen LogP contribution in [0.1, 0.15) is 16.7 Å². The molecule has 0 aliphatic carbocycles. The maximum Gasteiger partial charge on any atom is 0.297 e. The molecule has 4 heterocycles. The zero-order chi connectivity index (χ0) is 44.8. The summed E-state index contributed by atoms with van der Waals surface area (Å²) in [7, 11) is 0. The van der Waals surface area contributed by atoms with Crippen LogP contribution in [0.3, 0.4) is 0 Å². The van der Waals surface area contributed by atoms with Gasteiger partial charge in [0.05, 0.1) is 17.0 Å². The quantitative estimate of drug-likeness (QED) is 0.149. The third-order valence-electron chi connectivity index (χ3n) is 13.6. The maximum atomic E-state index is 7.28. The maximum absolute atomic E-state index is 7.28. The average molecular weight is 878 g/mol. The second-order valence-corrected chi connectivity index (χ2v) is 19.0. The third-order valence-corrected chi connectivity index (χ3v) is 14.8. The predicted octanol–water partition coefficient (Wildman–Crippen LogP) is 15.5. The number of rotatable bonds is 7. The molecule has 0 saturated carbocycles. The van der Waals surface area contributed by atoms with Crippen LogP contribution in [-0.4, -0.2) is 6.71 Å². The van der Waals surface area contributed by atoms with Crippen molar-refractivity contribution in [3.05, 3.63) is 229 Å². The predicted molar refractivity (Wildman–Crippen MR) is 285 cm³/mol. The Morgan fingerprint density at radius 2 is 1.12 bits per heavy atom. The van der Waals surface area contributed by atoms with Crippen LogP contribution in [0.15, 0.2) is 217 Å². The van der Waals surface area contributed by atoms with Gasteiger partial charge in [0.2, 0.25) is 0 Å². The molecule has 0 bridgehead atoms. The zero-order valence-corrected chi connectivity index (χ0v) is 38.3. The highest BCUT2D eigenvalue weighted by atomic mass is 32.1. The van der Waals surface area contributed by atoms with Crippen LogP contribution in [0.2, 0.25) is 0 Å². The first kappa shape index (κ1) is 39.3. The Balaban J connectivity index is 1.11. The first-order chi connectivity index (χ1) is 33.0. The van der Waals surface area contributed by atoms with Gasteiger partial charge < -0.3 is 19.1 Å². The Kier molecular flexibility index (Phi) is 9.12. The summed E-state index contributed by atoms with van der Waals surface area (Å²) in [6.07, 6.45) is 0. The van der Waals surface area contributed by atoms with E-state index in [1.165, 1.54) is 65.0 Å². The number of para-hydroxylation sites is 4. The average Bonchev–Trinajstić information content (AvgIpc) is 3.98. The van der Waals surface area contributed by atoms with E-state index in [9.17, 15) is 0 Å². The van der Waals surface area contributed by atoms with Crippen molar-refractivity contribution in [1.29, 1.82) is 0 Å². The van der Waals surface area contributed by atoms with Crippen LogP contribution in [0.25, 0.3) is 42.6 Å². The molecule has 13 rings (SSSR count). The van der Waals surface area contributed by atoms with Crippen LogP contribution in [0.4, 0.5) is 51.2 Å². The zero-order valence-electron chi connectivity index (χ0n) is 37.4. The molecule has 0 radical (unpaired) electrons. The molecule has 0 spiro atoms. The Labute approximate surface area is 395 Å². The molecule has 4 nitrogen and oxygen atoms in total. The number of aryl methyl sites for hydroxylation is 3. The summed E-state index contributed by atoms with van der Waals surface area (Å²) in [4.78, 5) is 8.67. The molecule has 0 fully saturated rings. The van der Waals surface area contributed by atoms with Crippen molar-refractivity contribution in [3.63, 3.8) is 0 Å². The first-order valence-electron chi connectivity index (χ1n) is 23.0. The minimum Gasteiger partial charge on any atom is -0.468 e. The lowest BCUT2D eigenvalue weighted by molar-refractivity contribution is 0.651. The van der Waals surface area contributed by atoms with E-state index in [0.29, 0.717) is 0 Å². The number of thiophene rings is 1. The van der Waals surface area contributed by atoms with Crippen molar-refractivity contribution < 1.29 is 4.42 Å². The molecule has 11 aromatic rings. The number of hydrogen-bond donors (Lipinski definition) is 0. The smallest absolute Gasteiger partial charge is 0.297 e. The Morgan fingerprint density at radius 3 is 1.85 bits per heavy atom. The van der Waals surface area contributed by atoms with Crippen molar-refractivity contribution >= 4 is 107 Å². The van der Waals surface area contributed by atoms with Gasteiger partial charge in [0.25, 0.3) is 6.71 Å². The van der Waals surface area contributed by atoms with Gasteiger partial charge >= 0.3 is 0 Å². The number of fused-ring (bicyclic) bond motifs is 7. The lowest BCUT2D eigenvalue weighted by Gasteiger charge is -2.43. The van der Waals surface area contributed by atoms with Crippen LogP contribution in [-0.2, 0) is 0 Å². The van der Waals surface area contributed by atoms with Gasteiger partial charge in [-0.05, 0) is 161 Å². The lowest BCUT2D eigenvalue weighted by atomic mass is 9.35. The highest BCUT2D eigenvalue weighted by Crippen LogP contribution is 2.50. The highest BCUT2D eigenvalue weighted by Gasteiger charge is 2.47. The summed E-state index contributed by atoms with van der Waals surface area (Å²) in [5.41, 5.74) is 21.5. The number of benzene rings is 9. The van der Waals surface area contributed by atoms with Gasteiger partial charge in [-0.3, -0.25) is 0 Å². The summed E-state index contributed by atoms with van der Waals surface area (Å²) >= 11 is 1.85. The molecule has 0 saturated heterocycles. The summed E-state index contributed by atoms with van der Waals surface area (Å²) in [5.74, 6) is 0. The molecular weight excluding hydrogens is 834 g/mol. The second kappa shape index (κ2) is 15.5. The van der Waals surface area contributed by atoms with E-state index in [-0.39, 0.29) is 6.71 Å². The summed E-state index contributed by atoms with van der Waals surface area (Å²) < 4.78 is 8.57. The fourth-order valence-electron chi connectivity index (χ4n) is 10.8. The van der Waals surface area contributed by atoms with Crippen LogP contribution < -0.4 is 31.3 Å². The van der Waals surface area contributed by atoms with Crippen LogP contribution >= 0.6 is 11.3 Å². The van der Waals surface area contributed by atoms with Crippen molar-refractivity contribution in [3.8, 4) is 21.6 Å². The molecule has 0 amide bonds. The lowest BCUT2D eigenvalue weighted by Crippen LogP contribution is -2.61. The second-order valence-electron chi connectivity index (χ2n) is 17.9. The van der Waals surface area contributed by atoms with Gasteiger partial charge in [0.15, 0.2) is 0 Å². The fraction of sp³-hybridized carbons (Fsp3) is 0.0492. The number of furan rings is 1. The molecule has 2 aliphatic rings. The number of nitrogens with zero attached hydrogens (tertiary/aromatic N) is 3. The summed E-state index contributed by atoms with van der Waals surface area (Å²) in [5, 5.41) is 2.35. The molecule has 2 aromatic heterocycles. The molecule has 6 heteroatoms. The van der Waals surface area contributed by atoms with Crippen molar-refractivity contribution in [2.24, 2.45) is 0 Å². The molecule has 2 aliphatic heterocycles. The minimum absolute atomic E-state index is 0.185. The van der Waals surface area contributed by atoms with E-state index in [1.54, 1.807) is 0 Å². The molecular formula is C61H44BN3OS. The standard InChI is InChI=1S/C61H44BN3OS/c1-39-32-53-58-54(33-39)65(59-40(2)18-17-19-41(59)3)52-38-48(63(46-23-9-5-10-24-46)47-25-11-6-12-26-47)30-31-51(52)62(58)61-60(50-27-14-15-28-55(50)66-61)64(53)49-35-44(42-20-7-4-8-21-42)34-45(36-49)57-37-43-22-13-16-29-56(43)67-57/h4-38H,1-3H3. The van der Waals surface area contributed by atoms with Gasteiger partial charge in [-0.1, -0.05) is 121 Å². The van der Waals surface area contributed by atoms with Gasteiger partial charge in [-0.15, -0.1) is 11.3 Å². The van der Waals surface area contributed by atoms with Crippen molar-refractivity contribution in [2.45, 2.75) is 20.8 Å². The minimum atomic E-state index is -0.185. The summed E-state index contributed by atoms with van der Waals surface area (Å²) in [6, 6.07) is 77.5. The number of anilines is 9. The number of hydrogen-bond acceptors (Lipinski definition) is 5. The first-order valence-corrected chi connectivity index (χ1v) is 23.8. The normalized spacial score (nSPS) is 12.6. The van der Waals surface area contributed by atoms with E-state index >= 15 is 0 Å². The van der Waals surface area contributed by atoms with E-state index in [2.05, 4.69) is 248 Å². The Bertz CT molecular complexity index is 3620. The van der Waals surface area contributed by atoms with Crippen LogP contribution in [0, 0.1) is 20.8 Å². The highest BCUT2D eigenvalue weighted by molar-refractivity contribution is 7.22. The molecule has 318 valence electrons. The SMILES string of the molecule is Cc1cc2c3c(c1)N(c1cc(-c4ccccc4)cc(-c4cc5ccccc5s4)c1)c1c(oc4ccccc14)B3c1ccc(N(c3ccccc3)c3ccccc3)cc1N2c1c(C)cccc1C. The topological polar surface area (TPSA) is 22.9 Å². The fourth-order valence-corrected chi connectivity index (χ4v) is 11.8. The van der Waals surface area contributed by atoms with Gasteiger partial charge in [-0.25, -0.2) is 0 Å². The van der Waals surface area contributed by atoms with Crippen molar-refractivity contribution in [1.82, 2.24) is 0 Å². The Hall–Kier alpha value is -8.06. The largest absolute Gasteiger partial charge is 0.468 e. The Morgan fingerprint density at radius 1 is 0.478 bits per heavy atom. The van der Waals surface area contributed by atoms with E-state index in [0.717, 1.165) is 62.1 Å². The molecule has 0 atom stereocenters. The molecule has 0 unspecified atom stereocenters. The summed E-state index contributed by atoms with van der Waals surface area (Å²) in [6.45, 7) is 6.55. The molecule has 0 N–H and O–H groups in total. The molecule has 9 aromatic carbocycles. The monoisotopic (exact) mass is 877 g/mol. The van der Waals surface area contributed by atoms with Crippen molar-refractivity contribution in [2.75, 3.05) is 14.7 Å². The van der Waals surface area contributed by atoms with Gasteiger partial charge in [0.1, 0.15) is 5.58 Å². The van der Waals surface area contributed by atoms with E-state index in [4.69, 9.17) is 4.42 Å². The van der Waals surface area contributed by atoms with E-state index in [1.807, 2.05) is 11.3 Å². The molecule has 67 heavy (non-hydrogen) atoms. The third kappa shape index (κ3) is 6.35. The van der Waals surface area contributed by atoms with E-state index < -0.39 is 0 Å². The van der Waals surface area contributed by atoms with Gasteiger partial charge in [0, 0.05) is 54.8 Å². The van der Waals surface area contributed by atoms with Crippen LogP contribution in [0.5, 0.6) is 0 Å².